The zero-order valence-corrected chi connectivity index (χ0v) is 7.09. The summed E-state index contributed by atoms with van der Waals surface area (Å²) in [5.74, 6) is -3.89. The van der Waals surface area contributed by atoms with Crippen molar-refractivity contribution in [3.8, 4) is 5.75 Å². The molecular formula is C7H2ClF5O. The van der Waals surface area contributed by atoms with Crippen molar-refractivity contribution in [1.29, 1.82) is 0 Å². The molecule has 0 aliphatic heterocycles. The molecule has 0 spiro atoms. The van der Waals surface area contributed by atoms with Crippen LogP contribution in [0.15, 0.2) is 12.1 Å². The van der Waals surface area contributed by atoms with Crippen LogP contribution in [0.2, 0.25) is 5.02 Å². The lowest BCUT2D eigenvalue weighted by Crippen LogP contribution is -2.17. The number of hydrogen-bond acceptors (Lipinski definition) is 1. The van der Waals surface area contributed by atoms with E-state index in [2.05, 4.69) is 4.74 Å². The topological polar surface area (TPSA) is 9.23 Å². The van der Waals surface area contributed by atoms with Crippen molar-refractivity contribution in [3.05, 3.63) is 28.8 Å². The monoisotopic (exact) mass is 232 g/mol. The van der Waals surface area contributed by atoms with E-state index in [1.54, 1.807) is 0 Å². The van der Waals surface area contributed by atoms with Gasteiger partial charge in [0.05, 0.1) is 0 Å². The van der Waals surface area contributed by atoms with Crippen LogP contribution < -0.4 is 4.74 Å². The summed E-state index contributed by atoms with van der Waals surface area (Å²) in [7, 11) is 0. The van der Waals surface area contributed by atoms with E-state index in [4.69, 9.17) is 11.6 Å². The molecule has 0 N–H and O–H groups in total. The Morgan fingerprint density at radius 3 is 2.21 bits per heavy atom. The normalized spacial score (nSPS) is 11.6. The molecule has 0 saturated carbocycles. The Balaban J connectivity index is 3.06. The van der Waals surface area contributed by atoms with E-state index >= 15 is 0 Å². The van der Waals surface area contributed by atoms with E-state index in [-0.39, 0.29) is 0 Å². The zero-order valence-electron chi connectivity index (χ0n) is 6.33. The third-order valence-electron chi connectivity index (χ3n) is 1.23. The third-order valence-corrected chi connectivity index (χ3v) is 1.58. The molecule has 0 aliphatic rings. The standard InChI is InChI=1S/C7H2ClF5O/c8-5-4(14-7(11,12)13)2-1-3(9)6(5)10/h1-2H. The van der Waals surface area contributed by atoms with Crippen molar-refractivity contribution in [2.45, 2.75) is 6.36 Å². The minimum absolute atomic E-state index is 0.488. The Hall–Kier alpha value is -1.04. The molecule has 1 aromatic carbocycles. The lowest BCUT2D eigenvalue weighted by atomic mass is 10.3. The fourth-order valence-corrected chi connectivity index (χ4v) is 0.904. The second kappa shape index (κ2) is 3.61. The molecule has 14 heavy (non-hydrogen) atoms. The molecule has 1 aromatic rings. The molecule has 0 aliphatic carbocycles. The van der Waals surface area contributed by atoms with Gasteiger partial charge in [-0.1, -0.05) is 11.6 Å². The summed E-state index contributed by atoms with van der Waals surface area (Å²) in [6.07, 6.45) is -4.99. The minimum atomic E-state index is -4.99. The smallest absolute Gasteiger partial charge is 0.404 e. The molecule has 0 fully saturated rings. The maximum Gasteiger partial charge on any atom is 0.573 e. The maximum absolute atomic E-state index is 12.6. The Morgan fingerprint density at radius 1 is 1.14 bits per heavy atom. The number of ether oxygens (including phenoxy) is 1. The average molecular weight is 233 g/mol. The van der Waals surface area contributed by atoms with E-state index in [0.29, 0.717) is 12.1 Å². The number of hydrogen-bond donors (Lipinski definition) is 0. The number of halogens is 6. The molecule has 0 atom stereocenters. The Kier molecular flexibility index (Phi) is 2.84. The second-order valence-corrected chi connectivity index (χ2v) is 2.60. The predicted octanol–water partition coefficient (Wildman–Crippen LogP) is 3.52. The molecule has 0 saturated heterocycles. The van der Waals surface area contributed by atoms with Crippen LogP contribution in [-0.4, -0.2) is 6.36 Å². The van der Waals surface area contributed by atoms with Gasteiger partial charge >= 0.3 is 6.36 Å². The largest absolute Gasteiger partial charge is 0.573 e. The van der Waals surface area contributed by atoms with Gasteiger partial charge in [-0.25, -0.2) is 8.78 Å². The van der Waals surface area contributed by atoms with Gasteiger partial charge in [0.15, 0.2) is 17.4 Å². The van der Waals surface area contributed by atoms with Crippen molar-refractivity contribution in [2.75, 3.05) is 0 Å². The average Bonchev–Trinajstić information content (AvgIpc) is 2.04. The molecular weight excluding hydrogens is 231 g/mol. The maximum atomic E-state index is 12.6. The van der Waals surface area contributed by atoms with Crippen LogP contribution in [0.3, 0.4) is 0 Å². The molecule has 78 valence electrons. The number of rotatable bonds is 1. The highest BCUT2D eigenvalue weighted by Crippen LogP contribution is 2.32. The zero-order chi connectivity index (χ0) is 10.9. The van der Waals surface area contributed by atoms with Gasteiger partial charge in [0.1, 0.15) is 5.02 Å². The first-order chi connectivity index (χ1) is 6.31. The van der Waals surface area contributed by atoms with E-state index in [1.807, 2.05) is 0 Å². The second-order valence-electron chi connectivity index (χ2n) is 2.22. The van der Waals surface area contributed by atoms with Crippen molar-refractivity contribution in [1.82, 2.24) is 0 Å². The molecule has 0 unspecified atom stereocenters. The van der Waals surface area contributed by atoms with Gasteiger partial charge < -0.3 is 4.74 Å². The van der Waals surface area contributed by atoms with Crippen LogP contribution in [0.4, 0.5) is 22.0 Å². The van der Waals surface area contributed by atoms with Crippen molar-refractivity contribution >= 4 is 11.6 Å². The highest BCUT2D eigenvalue weighted by atomic mass is 35.5. The van der Waals surface area contributed by atoms with Crippen LogP contribution in [0.5, 0.6) is 5.75 Å². The van der Waals surface area contributed by atoms with E-state index in [0.717, 1.165) is 0 Å². The highest BCUT2D eigenvalue weighted by molar-refractivity contribution is 6.32. The first kappa shape index (κ1) is 11.0. The summed E-state index contributed by atoms with van der Waals surface area (Å²) in [6.45, 7) is 0. The Bertz CT molecular complexity index is 349. The number of benzene rings is 1. The lowest BCUT2D eigenvalue weighted by molar-refractivity contribution is -0.274. The van der Waals surface area contributed by atoms with Crippen LogP contribution in [0.1, 0.15) is 0 Å². The van der Waals surface area contributed by atoms with Gasteiger partial charge in [-0.05, 0) is 12.1 Å². The van der Waals surface area contributed by atoms with Crippen LogP contribution in [-0.2, 0) is 0 Å². The van der Waals surface area contributed by atoms with E-state index in [9.17, 15) is 22.0 Å². The predicted molar refractivity (Wildman–Crippen MR) is 38.1 cm³/mol. The summed E-state index contributed by atoms with van der Waals surface area (Å²) in [4.78, 5) is 0. The fourth-order valence-electron chi connectivity index (χ4n) is 0.712. The van der Waals surface area contributed by atoms with Gasteiger partial charge in [-0.2, -0.15) is 0 Å². The first-order valence-electron chi connectivity index (χ1n) is 3.20. The van der Waals surface area contributed by atoms with E-state index in [1.165, 1.54) is 0 Å². The molecule has 0 bridgehead atoms. The summed E-state index contributed by atoms with van der Waals surface area (Å²) in [5.41, 5.74) is 0. The van der Waals surface area contributed by atoms with Gasteiger partial charge in [0, 0.05) is 0 Å². The minimum Gasteiger partial charge on any atom is -0.404 e. The van der Waals surface area contributed by atoms with E-state index < -0.39 is 28.8 Å². The van der Waals surface area contributed by atoms with Crippen LogP contribution in [0.25, 0.3) is 0 Å². The first-order valence-corrected chi connectivity index (χ1v) is 3.58. The molecule has 1 nitrogen and oxygen atoms in total. The molecule has 7 heteroatoms. The van der Waals surface area contributed by atoms with Crippen molar-refractivity contribution in [2.24, 2.45) is 0 Å². The summed E-state index contributed by atoms with van der Waals surface area (Å²) < 4.78 is 63.3. The quantitative estimate of drug-likeness (QED) is 0.532. The van der Waals surface area contributed by atoms with Gasteiger partial charge in [0.2, 0.25) is 0 Å². The molecule has 0 amide bonds. The highest BCUT2D eigenvalue weighted by Gasteiger charge is 2.32. The summed E-state index contributed by atoms with van der Waals surface area (Å²) in [5, 5.41) is -1.04. The van der Waals surface area contributed by atoms with Gasteiger partial charge in [-0.3, -0.25) is 0 Å². The number of alkyl halides is 3. The molecule has 1 rings (SSSR count). The fraction of sp³-hybridized carbons (Fsp3) is 0.143. The van der Waals surface area contributed by atoms with Gasteiger partial charge in [0.25, 0.3) is 0 Å². The van der Waals surface area contributed by atoms with Crippen LogP contribution in [0, 0.1) is 11.6 Å². The SMILES string of the molecule is Fc1ccc(OC(F)(F)F)c(Cl)c1F. The third kappa shape index (κ3) is 2.47. The van der Waals surface area contributed by atoms with Crippen molar-refractivity contribution in [3.63, 3.8) is 0 Å². The summed E-state index contributed by atoms with van der Waals surface area (Å²) in [6, 6.07) is 1.08. The summed E-state index contributed by atoms with van der Waals surface area (Å²) >= 11 is 5.06. The van der Waals surface area contributed by atoms with Crippen molar-refractivity contribution < 1.29 is 26.7 Å². The Morgan fingerprint density at radius 2 is 1.71 bits per heavy atom. The molecule has 0 radical (unpaired) electrons. The van der Waals surface area contributed by atoms with Crippen LogP contribution >= 0.6 is 11.6 Å². The lowest BCUT2D eigenvalue weighted by Gasteiger charge is -2.10. The van der Waals surface area contributed by atoms with Gasteiger partial charge in [-0.15, -0.1) is 13.2 Å². The molecule has 0 heterocycles. The molecule has 0 aromatic heterocycles. The Labute approximate surface area is 80.0 Å².